The summed E-state index contributed by atoms with van der Waals surface area (Å²) < 4.78 is 0. The van der Waals surface area contributed by atoms with Crippen LogP contribution in [0.5, 0.6) is 0 Å². The van der Waals surface area contributed by atoms with Crippen molar-refractivity contribution in [2.45, 2.75) is 20.3 Å². The number of fused-ring (bicyclic) bond motifs is 1. The number of ketones is 1. The van der Waals surface area contributed by atoms with Crippen LogP contribution in [0.2, 0.25) is 0 Å². The molecule has 0 aliphatic heterocycles. The number of rotatable bonds is 3. The molecule has 0 spiro atoms. The molecule has 3 aromatic rings. The third-order valence-corrected chi connectivity index (χ3v) is 4.53. The predicted molar refractivity (Wildman–Crippen MR) is 83.6 cm³/mol. The van der Waals surface area contributed by atoms with Gasteiger partial charge in [0.05, 0.1) is 12.1 Å². The summed E-state index contributed by atoms with van der Waals surface area (Å²) in [6.07, 6.45) is 0.387. The predicted octanol–water partition coefficient (Wildman–Crippen LogP) is 4.34. The van der Waals surface area contributed by atoms with Gasteiger partial charge in [-0.15, -0.1) is 11.3 Å². The summed E-state index contributed by atoms with van der Waals surface area (Å²) in [5.41, 5.74) is 1.78. The van der Waals surface area contributed by atoms with Gasteiger partial charge in [0, 0.05) is 10.4 Å². The fourth-order valence-electron chi connectivity index (χ4n) is 2.22. The summed E-state index contributed by atoms with van der Waals surface area (Å²) in [6.45, 7) is 4.02. The van der Waals surface area contributed by atoms with E-state index in [2.05, 4.69) is 11.1 Å². The molecule has 0 unspecified atom stereocenters. The molecule has 0 bridgehead atoms. The lowest BCUT2D eigenvalue weighted by Gasteiger charge is -2.02. The molecule has 0 radical (unpaired) electrons. The van der Waals surface area contributed by atoms with E-state index in [1.54, 1.807) is 11.3 Å². The van der Waals surface area contributed by atoms with Gasteiger partial charge in [-0.1, -0.05) is 36.4 Å². The lowest BCUT2D eigenvalue weighted by molar-refractivity contribution is 0.0993. The Labute approximate surface area is 122 Å². The maximum Gasteiger partial charge on any atom is 0.169 e. The number of aryl methyl sites for hydroxylation is 2. The van der Waals surface area contributed by atoms with Crippen molar-refractivity contribution in [1.82, 2.24) is 4.98 Å². The summed E-state index contributed by atoms with van der Waals surface area (Å²) in [7, 11) is 0. The first-order valence-electron chi connectivity index (χ1n) is 6.58. The largest absolute Gasteiger partial charge is 0.294 e. The van der Waals surface area contributed by atoms with Crippen molar-refractivity contribution in [3.05, 3.63) is 63.6 Å². The zero-order chi connectivity index (χ0) is 14.1. The van der Waals surface area contributed by atoms with Gasteiger partial charge in [0.1, 0.15) is 5.01 Å². The van der Waals surface area contributed by atoms with E-state index in [0.29, 0.717) is 6.42 Å². The Bertz CT molecular complexity index is 769. The molecule has 0 saturated heterocycles. The number of Topliss-reactive ketones (excluding diaryl/α,β-unsaturated/α-hetero) is 1. The molecule has 3 rings (SSSR count). The Balaban J connectivity index is 1.88. The summed E-state index contributed by atoms with van der Waals surface area (Å²) in [5.74, 6) is 0.129. The Morgan fingerprint density at radius 2 is 1.85 bits per heavy atom. The molecule has 3 heteroatoms. The third kappa shape index (κ3) is 2.49. The van der Waals surface area contributed by atoms with Crippen LogP contribution in [0.25, 0.3) is 10.8 Å². The Kier molecular flexibility index (Phi) is 3.36. The number of carbonyl (C=O) groups is 1. The molecular weight excluding hydrogens is 266 g/mol. The second-order valence-electron chi connectivity index (χ2n) is 4.91. The maximum absolute atomic E-state index is 12.3. The quantitative estimate of drug-likeness (QED) is 0.668. The van der Waals surface area contributed by atoms with Crippen molar-refractivity contribution in [3.63, 3.8) is 0 Å². The second-order valence-corrected chi connectivity index (χ2v) is 6.20. The van der Waals surface area contributed by atoms with Crippen LogP contribution in [0, 0.1) is 13.8 Å². The number of aromatic nitrogens is 1. The average molecular weight is 281 g/mol. The van der Waals surface area contributed by atoms with Crippen LogP contribution in [0.15, 0.2) is 42.5 Å². The first-order chi connectivity index (χ1) is 9.63. The highest BCUT2D eigenvalue weighted by molar-refractivity contribution is 7.11. The third-order valence-electron chi connectivity index (χ3n) is 3.46. The summed E-state index contributed by atoms with van der Waals surface area (Å²) in [5, 5.41) is 3.16. The van der Waals surface area contributed by atoms with Crippen molar-refractivity contribution >= 4 is 27.9 Å². The Morgan fingerprint density at radius 3 is 2.55 bits per heavy atom. The molecule has 0 fully saturated rings. The van der Waals surface area contributed by atoms with Crippen molar-refractivity contribution < 1.29 is 4.79 Å². The topological polar surface area (TPSA) is 30.0 Å². The molecule has 1 heterocycles. The average Bonchev–Trinajstić information content (AvgIpc) is 2.76. The van der Waals surface area contributed by atoms with E-state index < -0.39 is 0 Å². The Morgan fingerprint density at radius 1 is 1.10 bits per heavy atom. The van der Waals surface area contributed by atoms with Crippen LogP contribution in [0.1, 0.15) is 25.9 Å². The highest BCUT2D eigenvalue weighted by atomic mass is 32.1. The van der Waals surface area contributed by atoms with Gasteiger partial charge in [0.15, 0.2) is 5.78 Å². The SMILES string of the molecule is Cc1nc(CC(=O)c2ccc3ccccc3c2)sc1C. The second kappa shape index (κ2) is 5.17. The molecule has 2 aromatic carbocycles. The van der Waals surface area contributed by atoms with Gasteiger partial charge >= 0.3 is 0 Å². The number of hydrogen-bond donors (Lipinski definition) is 0. The Hall–Kier alpha value is -2.00. The van der Waals surface area contributed by atoms with Gasteiger partial charge in [-0.25, -0.2) is 4.98 Å². The van der Waals surface area contributed by atoms with E-state index in [-0.39, 0.29) is 5.78 Å². The van der Waals surface area contributed by atoms with Crippen LogP contribution >= 0.6 is 11.3 Å². The molecule has 0 saturated carbocycles. The van der Waals surface area contributed by atoms with Gasteiger partial charge < -0.3 is 0 Å². The van der Waals surface area contributed by atoms with Crippen molar-refractivity contribution in [1.29, 1.82) is 0 Å². The van der Waals surface area contributed by atoms with E-state index in [9.17, 15) is 4.79 Å². The highest BCUT2D eigenvalue weighted by Crippen LogP contribution is 2.20. The summed E-state index contributed by atoms with van der Waals surface area (Å²) >= 11 is 1.61. The molecule has 0 N–H and O–H groups in total. The van der Waals surface area contributed by atoms with Crippen molar-refractivity contribution in [2.24, 2.45) is 0 Å². The summed E-state index contributed by atoms with van der Waals surface area (Å²) in [4.78, 5) is 18.0. The lowest BCUT2D eigenvalue weighted by atomic mass is 10.0. The van der Waals surface area contributed by atoms with Gasteiger partial charge in [-0.05, 0) is 30.7 Å². The number of nitrogens with zero attached hydrogens (tertiary/aromatic N) is 1. The molecule has 0 amide bonds. The number of benzene rings is 2. The standard InChI is InChI=1S/C17H15NOS/c1-11-12(2)20-17(18-11)10-16(19)15-8-7-13-5-3-4-6-14(13)9-15/h3-9H,10H2,1-2H3. The van der Waals surface area contributed by atoms with E-state index >= 15 is 0 Å². The fraction of sp³-hybridized carbons (Fsp3) is 0.176. The first kappa shape index (κ1) is 13.0. The van der Waals surface area contributed by atoms with E-state index in [0.717, 1.165) is 27.0 Å². The van der Waals surface area contributed by atoms with Crippen molar-refractivity contribution in [2.75, 3.05) is 0 Å². The first-order valence-corrected chi connectivity index (χ1v) is 7.40. The molecule has 1 aromatic heterocycles. The van der Waals surface area contributed by atoms with Crippen molar-refractivity contribution in [3.8, 4) is 0 Å². The minimum atomic E-state index is 0.129. The van der Waals surface area contributed by atoms with Crippen LogP contribution in [-0.2, 0) is 6.42 Å². The molecule has 0 aliphatic rings. The van der Waals surface area contributed by atoms with Gasteiger partial charge in [-0.2, -0.15) is 0 Å². The number of thiazole rings is 1. The van der Waals surface area contributed by atoms with E-state index in [1.165, 1.54) is 4.88 Å². The molecule has 20 heavy (non-hydrogen) atoms. The van der Waals surface area contributed by atoms with Crippen LogP contribution in [-0.4, -0.2) is 10.8 Å². The van der Waals surface area contributed by atoms with Gasteiger partial charge in [0.25, 0.3) is 0 Å². The minimum absolute atomic E-state index is 0.129. The van der Waals surface area contributed by atoms with Crippen LogP contribution in [0.3, 0.4) is 0 Å². The van der Waals surface area contributed by atoms with Crippen LogP contribution in [0.4, 0.5) is 0 Å². The number of hydrogen-bond acceptors (Lipinski definition) is 3. The molecule has 0 atom stereocenters. The maximum atomic E-state index is 12.3. The normalized spacial score (nSPS) is 10.9. The monoisotopic (exact) mass is 281 g/mol. The van der Waals surface area contributed by atoms with Gasteiger partial charge in [0.2, 0.25) is 0 Å². The van der Waals surface area contributed by atoms with E-state index in [1.807, 2.05) is 50.2 Å². The minimum Gasteiger partial charge on any atom is -0.294 e. The molecule has 2 nitrogen and oxygen atoms in total. The highest BCUT2D eigenvalue weighted by Gasteiger charge is 2.11. The molecule has 100 valence electrons. The lowest BCUT2D eigenvalue weighted by Crippen LogP contribution is -2.03. The van der Waals surface area contributed by atoms with Crippen LogP contribution < -0.4 is 0 Å². The van der Waals surface area contributed by atoms with E-state index in [4.69, 9.17) is 0 Å². The summed E-state index contributed by atoms with van der Waals surface area (Å²) in [6, 6.07) is 13.9. The molecular formula is C17H15NOS. The smallest absolute Gasteiger partial charge is 0.169 e. The molecule has 0 aliphatic carbocycles. The zero-order valence-electron chi connectivity index (χ0n) is 11.5. The number of carbonyl (C=O) groups excluding carboxylic acids is 1. The zero-order valence-corrected chi connectivity index (χ0v) is 12.3. The fourth-order valence-corrected chi connectivity index (χ4v) is 3.15. The van der Waals surface area contributed by atoms with Gasteiger partial charge in [-0.3, -0.25) is 4.79 Å².